The summed E-state index contributed by atoms with van der Waals surface area (Å²) in [6.45, 7) is 3.14. The van der Waals surface area contributed by atoms with Crippen molar-refractivity contribution in [3.8, 4) is 0 Å². The van der Waals surface area contributed by atoms with E-state index in [-0.39, 0.29) is 17.5 Å². The molecular formula is C13H23N5O3S. The highest BCUT2D eigenvalue weighted by Gasteiger charge is 2.12. The van der Waals surface area contributed by atoms with Crippen LogP contribution in [0.5, 0.6) is 0 Å². The van der Waals surface area contributed by atoms with E-state index < -0.39 is 10.0 Å². The Morgan fingerprint density at radius 1 is 1.45 bits per heavy atom. The molecular weight excluding hydrogens is 306 g/mol. The Morgan fingerprint density at radius 2 is 2.23 bits per heavy atom. The zero-order valence-corrected chi connectivity index (χ0v) is 13.9. The molecule has 1 aromatic rings. The third kappa shape index (κ3) is 6.37. The molecule has 0 bridgehead atoms. The number of guanidine groups is 1. The maximum absolute atomic E-state index is 12.0. The van der Waals surface area contributed by atoms with Crippen LogP contribution < -0.4 is 15.4 Å². The molecule has 0 amide bonds. The summed E-state index contributed by atoms with van der Waals surface area (Å²) >= 11 is 0. The van der Waals surface area contributed by atoms with Crippen molar-refractivity contribution in [1.29, 1.82) is 0 Å². The molecule has 1 heterocycles. The molecule has 1 aromatic heterocycles. The van der Waals surface area contributed by atoms with Crippen molar-refractivity contribution in [1.82, 2.24) is 20.3 Å². The number of pyridine rings is 1. The van der Waals surface area contributed by atoms with Crippen LogP contribution in [0.25, 0.3) is 0 Å². The van der Waals surface area contributed by atoms with E-state index in [4.69, 9.17) is 4.74 Å². The molecule has 0 spiro atoms. The molecule has 1 rings (SSSR count). The van der Waals surface area contributed by atoms with Crippen LogP contribution in [0, 0.1) is 0 Å². The molecule has 0 fully saturated rings. The monoisotopic (exact) mass is 329 g/mol. The minimum Gasteiger partial charge on any atom is -0.383 e. The average molecular weight is 329 g/mol. The highest BCUT2D eigenvalue weighted by Crippen LogP contribution is 2.04. The molecule has 0 saturated carbocycles. The third-order valence-corrected chi connectivity index (χ3v) is 4.12. The fraction of sp³-hybridized carbons (Fsp3) is 0.538. The standard InChI is InChI=1S/C13H23N5O3S/c1-11(10-21-3)18-13(14-2)16-7-8-17-22(19,20)12-5-4-6-15-9-12/h4-6,9,11,17H,7-8,10H2,1-3H3,(H2,14,16,18). The van der Waals surface area contributed by atoms with Gasteiger partial charge in [0.05, 0.1) is 6.61 Å². The maximum atomic E-state index is 12.0. The van der Waals surface area contributed by atoms with Gasteiger partial charge in [0.1, 0.15) is 4.90 Å². The molecule has 0 radical (unpaired) electrons. The van der Waals surface area contributed by atoms with E-state index in [2.05, 4.69) is 25.3 Å². The quantitative estimate of drug-likeness (QED) is 0.339. The van der Waals surface area contributed by atoms with Gasteiger partial charge in [0.25, 0.3) is 0 Å². The van der Waals surface area contributed by atoms with Crippen LogP contribution in [0.3, 0.4) is 0 Å². The van der Waals surface area contributed by atoms with Gasteiger partial charge in [-0.1, -0.05) is 0 Å². The van der Waals surface area contributed by atoms with E-state index in [9.17, 15) is 8.42 Å². The largest absolute Gasteiger partial charge is 0.383 e. The van der Waals surface area contributed by atoms with E-state index in [0.717, 1.165) is 0 Å². The van der Waals surface area contributed by atoms with Gasteiger partial charge >= 0.3 is 0 Å². The molecule has 9 heteroatoms. The Bertz CT molecular complexity index is 562. The predicted molar refractivity (Wildman–Crippen MR) is 85.3 cm³/mol. The number of aromatic nitrogens is 1. The molecule has 0 aliphatic rings. The van der Waals surface area contributed by atoms with Crippen molar-refractivity contribution in [2.75, 3.05) is 33.9 Å². The van der Waals surface area contributed by atoms with Gasteiger partial charge < -0.3 is 15.4 Å². The van der Waals surface area contributed by atoms with Gasteiger partial charge in [-0.25, -0.2) is 13.1 Å². The fourth-order valence-corrected chi connectivity index (χ4v) is 2.67. The van der Waals surface area contributed by atoms with Gasteiger partial charge in [0.2, 0.25) is 10.0 Å². The van der Waals surface area contributed by atoms with Crippen LogP contribution in [0.4, 0.5) is 0 Å². The summed E-state index contributed by atoms with van der Waals surface area (Å²) in [6.07, 6.45) is 2.83. The number of sulfonamides is 1. The van der Waals surface area contributed by atoms with E-state index in [1.807, 2.05) is 6.92 Å². The van der Waals surface area contributed by atoms with Crippen molar-refractivity contribution in [3.63, 3.8) is 0 Å². The van der Waals surface area contributed by atoms with Crippen LogP contribution in [-0.2, 0) is 14.8 Å². The van der Waals surface area contributed by atoms with Crippen LogP contribution in [-0.4, -0.2) is 59.3 Å². The smallest absolute Gasteiger partial charge is 0.242 e. The molecule has 1 atom stereocenters. The average Bonchev–Trinajstić information content (AvgIpc) is 2.51. The Labute approximate surface area is 131 Å². The Balaban J connectivity index is 2.38. The van der Waals surface area contributed by atoms with Crippen molar-refractivity contribution < 1.29 is 13.2 Å². The summed E-state index contributed by atoms with van der Waals surface area (Å²) in [5.41, 5.74) is 0. The van der Waals surface area contributed by atoms with Crippen LogP contribution in [0.15, 0.2) is 34.4 Å². The minimum atomic E-state index is -3.53. The van der Waals surface area contributed by atoms with Crippen LogP contribution >= 0.6 is 0 Å². The summed E-state index contributed by atoms with van der Waals surface area (Å²) in [5.74, 6) is 0.588. The Morgan fingerprint density at radius 3 is 2.82 bits per heavy atom. The third-order valence-electron chi connectivity index (χ3n) is 2.68. The molecule has 1 unspecified atom stereocenters. The summed E-state index contributed by atoms with van der Waals surface area (Å²) < 4.78 is 31.5. The summed E-state index contributed by atoms with van der Waals surface area (Å²) in [4.78, 5) is 7.99. The number of rotatable bonds is 8. The van der Waals surface area contributed by atoms with E-state index >= 15 is 0 Å². The van der Waals surface area contributed by atoms with E-state index in [1.54, 1.807) is 20.2 Å². The highest BCUT2D eigenvalue weighted by atomic mass is 32.2. The minimum absolute atomic E-state index is 0.100. The second-order valence-corrected chi connectivity index (χ2v) is 6.35. The summed E-state index contributed by atoms with van der Waals surface area (Å²) in [7, 11) is -0.255. The first-order valence-corrected chi connectivity index (χ1v) is 8.33. The Hall–Kier alpha value is -1.71. The number of methoxy groups -OCH3 is 1. The second-order valence-electron chi connectivity index (χ2n) is 4.59. The lowest BCUT2D eigenvalue weighted by molar-refractivity contribution is 0.179. The van der Waals surface area contributed by atoms with Crippen LogP contribution in [0.2, 0.25) is 0 Å². The van der Waals surface area contributed by atoms with Gasteiger partial charge in [-0.2, -0.15) is 0 Å². The molecule has 0 aliphatic heterocycles. The summed E-state index contributed by atoms with van der Waals surface area (Å²) in [5, 5.41) is 6.15. The number of nitrogens with one attached hydrogen (secondary N) is 3. The van der Waals surface area contributed by atoms with Crippen LogP contribution in [0.1, 0.15) is 6.92 Å². The first-order chi connectivity index (χ1) is 10.5. The number of hydrogen-bond acceptors (Lipinski definition) is 5. The Kier molecular flexibility index (Phi) is 7.78. The van der Waals surface area contributed by atoms with E-state index in [0.29, 0.717) is 19.1 Å². The molecule has 124 valence electrons. The van der Waals surface area contributed by atoms with Gasteiger partial charge in [-0.15, -0.1) is 0 Å². The maximum Gasteiger partial charge on any atom is 0.242 e. The predicted octanol–water partition coefficient (Wildman–Crippen LogP) is -0.440. The van der Waals surface area contributed by atoms with Gasteiger partial charge in [0.15, 0.2) is 5.96 Å². The molecule has 0 aliphatic carbocycles. The molecule has 8 nitrogen and oxygen atoms in total. The first-order valence-electron chi connectivity index (χ1n) is 6.85. The van der Waals surface area contributed by atoms with E-state index in [1.165, 1.54) is 18.5 Å². The zero-order chi connectivity index (χ0) is 16.4. The SMILES string of the molecule is CN=C(NCCNS(=O)(=O)c1cccnc1)NC(C)COC. The number of aliphatic imine (C=N–C) groups is 1. The lowest BCUT2D eigenvalue weighted by Crippen LogP contribution is -2.46. The van der Waals surface area contributed by atoms with Crippen molar-refractivity contribution in [2.45, 2.75) is 17.9 Å². The van der Waals surface area contributed by atoms with Gasteiger partial charge in [0, 0.05) is 45.7 Å². The molecule has 0 saturated heterocycles. The number of hydrogen-bond donors (Lipinski definition) is 3. The lowest BCUT2D eigenvalue weighted by Gasteiger charge is -2.17. The molecule has 0 aromatic carbocycles. The van der Waals surface area contributed by atoms with Crippen molar-refractivity contribution in [3.05, 3.63) is 24.5 Å². The molecule has 3 N–H and O–H groups in total. The molecule has 22 heavy (non-hydrogen) atoms. The topological polar surface area (TPSA) is 105 Å². The van der Waals surface area contributed by atoms with Crippen molar-refractivity contribution >= 4 is 16.0 Å². The summed E-state index contributed by atoms with van der Waals surface area (Å²) in [6, 6.07) is 3.18. The fourth-order valence-electron chi connectivity index (χ4n) is 1.68. The lowest BCUT2D eigenvalue weighted by atomic mass is 10.4. The zero-order valence-electron chi connectivity index (χ0n) is 13.0. The number of nitrogens with zero attached hydrogens (tertiary/aromatic N) is 2. The van der Waals surface area contributed by atoms with Gasteiger partial charge in [-0.05, 0) is 19.1 Å². The van der Waals surface area contributed by atoms with Crippen molar-refractivity contribution in [2.24, 2.45) is 4.99 Å². The normalized spacial score (nSPS) is 13.7. The second kappa shape index (κ2) is 9.34. The highest BCUT2D eigenvalue weighted by molar-refractivity contribution is 7.89. The number of ether oxygens (including phenoxy) is 1. The van der Waals surface area contributed by atoms with Gasteiger partial charge in [-0.3, -0.25) is 9.98 Å². The first kappa shape index (κ1) is 18.3.